The number of hydrogen-bond donors (Lipinski definition) is 2. The lowest BCUT2D eigenvalue weighted by Gasteiger charge is -2.40. The standard InChI is InChI=1S/C12H24N2O2/c1-10-9-16-12(8-15)7-14(10)6-11-2-4-13-5-3-11/h10-13,15H,2-9H2,1H3. The van der Waals surface area contributed by atoms with E-state index >= 15 is 0 Å². The summed E-state index contributed by atoms with van der Waals surface area (Å²) in [7, 11) is 0. The Kier molecular flexibility index (Phi) is 4.58. The van der Waals surface area contributed by atoms with E-state index in [2.05, 4.69) is 17.1 Å². The smallest absolute Gasteiger partial charge is 0.0933 e. The van der Waals surface area contributed by atoms with Crippen LogP contribution in [-0.2, 0) is 4.74 Å². The van der Waals surface area contributed by atoms with Gasteiger partial charge in [-0.1, -0.05) is 0 Å². The van der Waals surface area contributed by atoms with Crippen LogP contribution in [0.15, 0.2) is 0 Å². The number of aliphatic hydroxyl groups excluding tert-OH is 1. The lowest BCUT2D eigenvalue weighted by Crippen LogP contribution is -2.51. The van der Waals surface area contributed by atoms with Crippen LogP contribution in [0.5, 0.6) is 0 Å². The lowest BCUT2D eigenvalue weighted by molar-refractivity contribution is -0.0822. The summed E-state index contributed by atoms with van der Waals surface area (Å²) in [6, 6.07) is 0.498. The minimum Gasteiger partial charge on any atom is -0.394 e. The molecule has 4 nitrogen and oxygen atoms in total. The van der Waals surface area contributed by atoms with Gasteiger partial charge in [-0.25, -0.2) is 0 Å². The van der Waals surface area contributed by atoms with Crippen LogP contribution in [0.3, 0.4) is 0 Å². The van der Waals surface area contributed by atoms with Crippen LogP contribution in [0.25, 0.3) is 0 Å². The van der Waals surface area contributed by atoms with Crippen molar-refractivity contribution in [2.75, 3.05) is 39.4 Å². The van der Waals surface area contributed by atoms with Gasteiger partial charge in [-0.3, -0.25) is 4.90 Å². The molecule has 0 aromatic rings. The van der Waals surface area contributed by atoms with Gasteiger partial charge in [0.05, 0.1) is 19.3 Å². The van der Waals surface area contributed by atoms with Gasteiger partial charge in [0.1, 0.15) is 0 Å². The molecule has 4 heteroatoms. The van der Waals surface area contributed by atoms with Gasteiger partial charge in [-0.15, -0.1) is 0 Å². The third-order valence-electron chi connectivity index (χ3n) is 3.79. The van der Waals surface area contributed by atoms with E-state index in [1.165, 1.54) is 19.4 Å². The maximum atomic E-state index is 9.14. The Labute approximate surface area is 98.0 Å². The van der Waals surface area contributed by atoms with E-state index in [1.807, 2.05) is 0 Å². The van der Waals surface area contributed by atoms with Crippen molar-refractivity contribution in [1.82, 2.24) is 10.2 Å². The Morgan fingerprint density at radius 1 is 1.38 bits per heavy atom. The highest BCUT2D eigenvalue weighted by Crippen LogP contribution is 2.18. The number of aliphatic hydroxyl groups is 1. The molecule has 2 rings (SSSR count). The highest BCUT2D eigenvalue weighted by atomic mass is 16.5. The van der Waals surface area contributed by atoms with Crippen LogP contribution in [-0.4, -0.2) is 61.5 Å². The Balaban J connectivity index is 1.81. The van der Waals surface area contributed by atoms with E-state index in [1.54, 1.807) is 0 Å². The molecule has 0 aromatic carbocycles. The average molecular weight is 228 g/mol. The summed E-state index contributed by atoms with van der Waals surface area (Å²) >= 11 is 0. The Bertz CT molecular complexity index is 207. The molecule has 2 heterocycles. The van der Waals surface area contributed by atoms with Crippen molar-refractivity contribution in [3.8, 4) is 0 Å². The molecule has 16 heavy (non-hydrogen) atoms. The molecule has 0 aliphatic carbocycles. The van der Waals surface area contributed by atoms with Gasteiger partial charge in [0.25, 0.3) is 0 Å². The van der Waals surface area contributed by atoms with E-state index in [4.69, 9.17) is 9.84 Å². The Morgan fingerprint density at radius 2 is 2.12 bits per heavy atom. The van der Waals surface area contributed by atoms with Gasteiger partial charge in [0.15, 0.2) is 0 Å². The number of nitrogens with one attached hydrogen (secondary N) is 1. The average Bonchev–Trinajstić information content (AvgIpc) is 2.33. The van der Waals surface area contributed by atoms with Gasteiger partial charge in [0.2, 0.25) is 0 Å². The zero-order valence-corrected chi connectivity index (χ0v) is 10.2. The van der Waals surface area contributed by atoms with Gasteiger partial charge in [-0.2, -0.15) is 0 Å². The third-order valence-corrected chi connectivity index (χ3v) is 3.79. The molecule has 2 atom stereocenters. The van der Waals surface area contributed by atoms with E-state index in [0.717, 1.165) is 32.2 Å². The second kappa shape index (κ2) is 5.96. The topological polar surface area (TPSA) is 44.7 Å². The molecule has 2 unspecified atom stereocenters. The Morgan fingerprint density at radius 3 is 2.81 bits per heavy atom. The predicted octanol–water partition coefficient (Wildman–Crippen LogP) is 0.0676. The quantitative estimate of drug-likeness (QED) is 0.717. The summed E-state index contributed by atoms with van der Waals surface area (Å²) in [6.45, 7) is 7.50. The van der Waals surface area contributed by atoms with Crippen LogP contribution in [0.4, 0.5) is 0 Å². The van der Waals surface area contributed by atoms with Crippen molar-refractivity contribution >= 4 is 0 Å². The number of hydrogen-bond acceptors (Lipinski definition) is 4. The number of ether oxygens (including phenoxy) is 1. The molecule has 0 aromatic heterocycles. The van der Waals surface area contributed by atoms with Crippen LogP contribution in [0.2, 0.25) is 0 Å². The molecular weight excluding hydrogens is 204 g/mol. The number of morpholine rings is 1. The second-order valence-electron chi connectivity index (χ2n) is 5.13. The van der Waals surface area contributed by atoms with E-state index < -0.39 is 0 Å². The summed E-state index contributed by atoms with van der Waals surface area (Å²) in [4.78, 5) is 2.49. The van der Waals surface area contributed by atoms with Crippen molar-refractivity contribution in [3.05, 3.63) is 0 Å². The normalized spacial score (nSPS) is 34.1. The highest BCUT2D eigenvalue weighted by molar-refractivity contribution is 4.80. The molecule has 2 aliphatic heterocycles. The first-order chi connectivity index (χ1) is 7.79. The maximum Gasteiger partial charge on any atom is 0.0933 e. The second-order valence-corrected chi connectivity index (χ2v) is 5.13. The SMILES string of the molecule is CC1COC(CO)CN1CC1CCNCC1. The fraction of sp³-hybridized carbons (Fsp3) is 1.00. The van der Waals surface area contributed by atoms with Gasteiger partial charge < -0.3 is 15.2 Å². The summed E-state index contributed by atoms with van der Waals surface area (Å²) in [6.07, 6.45) is 2.60. The molecule has 0 amide bonds. The lowest BCUT2D eigenvalue weighted by atomic mass is 9.96. The minimum atomic E-state index is 0.0258. The van der Waals surface area contributed by atoms with Gasteiger partial charge in [0, 0.05) is 19.1 Å². The Hall–Kier alpha value is -0.160. The molecule has 2 N–H and O–H groups in total. The molecular formula is C12H24N2O2. The van der Waals surface area contributed by atoms with Gasteiger partial charge in [-0.05, 0) is 38.8 Å². The fourth-order valence-corrected chi connectivity index (χ4v) is 2.64. The van der Waals surface area contributed by atoms with Crippen molar-refractivity contribution in [1.29, 1.82) is 0 Å². The molecule has 0 spiro atoms. The number of rotatable bonds is 3. The molecule has 2 aliphatic rings. The maximum absolute atomic E-state index is 9.14. The summed E-state index contributed by atoms with van der Waals surface area (Å²) in [5, 5.41) is 12.5. The first-order valence-corrected chi connectivity index (χ1v) is 6.47. The monoisotopic (exact) mass is 228 g/mol. The molecule has 0 saturated carbocycles. The zero-order valence-electron chi connectivity index (χ0n) is 10.2. The number of piperidine rings is 1. The number of nitrogens with zero attached hydrogens (tertiary/aromatic N) is 1. The summed E-state index contributed by atoms with van der Waals surface area (Å²) in [5.74, 6) is 0.821. The van der Waals surface area contributed by atoms with E-state index in [0.29, 0.717) is 6.04 Å². The molecule has 2 saturated heterocycles. The molecule has 0 radical (unpaired) electrons. The molecule has 2 fully saturated rings. The minimum absolute atomic E-state index is 0.0258. The van der Waals surface area contributed by atoms with Crippen molar-refractivity contribution in [2.45, 2.75) is 31.9 Å². The zero-order chi connectivity index (χ0) is 11.4. The first kappa shape index (κ1) is 12.3. The molecule has 94 valence electrons. The van der Waals surface area contributed by atoms with E-state index in [9.17, 15) is 0 Å². The van der Waals surface area contributed by atoms with Crippen LogP contribution in [0.1, 0.15) is 19.8 Å². The third kappa shape index (κ3) is 3.17. The fourth-order valence-electron chi connectivity index (χ4n) is 2.64. The van der Waals surface area contributed by atoms with Crippen LogP contribution < -0.4 is 5.32 Å². The van der Waals surface area contributed by atoms with E-state index in [-0.39, 0.29) is 12.7 Å². The van der Waals surface area contributed by atoms with Crippen molar-refractivity contribution in [2.24, 2.45) is 5.92 Å². The van der Waals surface area contributed by atoms with Crippen LogP contribution >= 0.6 is 0 Å². The highest BCUT2D eigenvalue weighted by Gasteiger charge is 2.27. The van der Waals surface area contributed by atoms with Crippen molar-refractivity contribution < 1.29 is 9.84 Å². The largest absolute Gasteiger partial charge is 0.394 e. The van der Waals surface area contributed by atoms with Crippen LogP contribution in [0, 0.1) is 5.92 Å². The molecule has 0 bridgehead atoms. The van der Waals surface area contributed by atoms with Crippen molar-refractivity contribution in [3.63, 3.8) is 0 Å². The first-order valence-electron chi connectivity index (χ1n) is 6.47. The summed E-state index contributed by atoms with van der Waals surface area (Å²) in [5.41, 5.74) is 0. The summed E-state index contributed by atoms with van der Waals surface area (Å²) < 4.78 is 5.55. The predicted molar refractivity (Wildman–Crippen MR) is 63.5 cm³/mol. The van der Waals surface area contributed by atoms with Gasteiger partial charge >= 0.3 is 0 Å².